The fraction of sp³-hybridized carbons (Fsp3) is 0.263. The van der Waals surface area contributed by atoms with E-state index in [-0.39, 0.29) is 30.2 Å². The highest BCUT2D eigenvalue weighted by atomic mass is 32.2. The molecule has 152 valence electrons. The van der Waals surface area contributed by atoms with Crippen LogP contribution in [0.5, 0.6) is 0 Å². The zero-order valence-electron chi connectivity index (χ0n) is 15.7. The van der Waals surface area contributed by atoms with Crippen molar-refractivity contribution in [1.82, 2.24) is 19.5 Å². The average Bonchev–Trinajstić information content (AvgIpc) is 3.20. The molecule has 3 aromatic rings. The van der Waals surface area contributed by atoms with E-state index in [1.165, 1.54) is 29.4 Å². The number of rotatable bonds is 4. The molecule has 1 aliphatic rings. The predicted octanol–water partition coefficient (Wildman–Crippen LogP) is 2.26. The summed E-state index contributed by atoms with van der Waals surface area (Å²) in [5.41, 5.74) is 8.28. The molecule has 1 saturated heterocycles. The SMILES string of the molecule is Cc1cc(S(=O)(=O)N2CCO[C@H](c3[nH]ncc3-c3ccnc(N)c3)C2)ccc1F. The fourth-order valence-electron chi connectivity index (χ4n) is 3.33. The van der Waals surface area contributed by atoms with Gasteiger partial charge in [-0.1, -0.05) is 0 Å². The lowest BCUT2D eigenvalue weighted by molar-refractivity contribution is -0.00465. The number of H-pyrrole nitrogens is 1. The number of nitrogens with two attached hydrogens (primary N) is 1. The Kier molecular flexibility index (Phi) is 5.07. The summed E-state index contributed by atoms with van der Waals surface area (Å²) in [6, 6.07) is 7.30. The van der Waals surface area contributed by atoms with Crippen molar-refractivity contribution in [1.29, 1.82) is 0 Å². The molecule has 0 spiro atoms. The number of sulfonamides is 1. The van der Waals surface area contributed by atoms with E-state index in [1.54, 1.807) is 24.5 Å². The molecular formula is C19H20FN5O3S. The lowest BCUT2D eigenvalue weighted by Gasteiger charge is -2.32. The van der Waals surface area contributed by atoms with Crippen LogP contribution in [-0.4, -0.2) is 47.6 Å². The van der Waals surface area contributed by atoms with Gasteiger partial charge in [0, 0.05) is 24.8 Å². The minimum Gasteiger partial charge on any atom is -0.384 e. The molecule has 4 rings (SSSR count). The highest BCUT2D eigenvalue weighted by molar-refractivity contribution is 7.89. The summed E-state index contributed by atoms with van der Waals surface area (Å²) in [6.45, 7) is 2.07. The van der Waals surface area contributed by atoms with Gasteiger partial charge >= 0.3 is 0 Å². The van der Waals surface area contributed by atoms with Crippen LogP contribution in [0.25, 0.3) is 11.1 Å². The van der Waals surface area contributed by atoms with E-state index < -0.39 is 21.9 Å². The summed E-state index contributed by atoms with van der Waals surface area (Å²) in [5, 5.41) is 7.01. The maximum absolute atomic E-state index is 13.6. The van der Waals surface area contributed by atoms with Crippen molar-refractivity contribution < 1.29 is 17.5 Å². The van der Waals surface area contributed by atoms with E-state index in [9.17, 15) is 12.8 Å². The lowest BCUT2D eigenvalue weighted by Crippen LogP contribution is -2.42. The van der Waals surface area contributed by atoms with Gasteiger partial charge in [-0.3, -0.25) is 5.10 Å². The van der Waals surface area contributed by atoms with Crippen LogP contribution in [0.4, 0.5) is 10.2 Å². The zero-order chi connectivity index (χ0) is 20.6. The summed E-state index contributed by atoms with van der Waals surface area (Å²) in [6.07, 6.45) is 2.70. The smallest absolute Gasteiger partial charge is 0.243 e. The molecule has 10 heteroatoms. The maximum Gasteiger partial charge on any atom is 0.243 e. The van der Waals surface area contributed by atoms with Gasteiger partial charge in [0.25, 0.3) is 0 Å². The van der Waals surface area contributed by atoms with Crippen LogP contribution in [0, 0.1) is 12.7 Å². The van der Waals surface area contributed by atoms with Crippen molar-refractivity contribution in [2.45, 2.75) is 17.9 Å². The number of pyridine rings is 1. The number of nitrogens with one attached hydrogen (secondary N) is 1. The molecular weight excluding hydrogens is 397 g/mol. The molecule has 1 aromatic carbocycles. The molecule has 0 amide bonds. The van der Waals surface area contributed by atoms with Gasteiger partial charge in [-0.15, -0.1) is 0 Å². The van der Waals surface area contributed by atoms with E-state index in [0.717, 1.165) is 11.1 Å². The maximum atomic E-state index is 13.6. The van der Waals surface area contributed by atoms with E-state index in [2.05, 4.69) is 15.2 Å². The highest BCUT2D eigenvalue weighted by Gasteiger charge is 2.33. The van der Waals surface area contributed by atoms with Crippen molar-refractivity contribution in [2.24, 2.45) is 0 Å². The standard InChI is InChI=1S/C19H20FN5O3S/c1-12-8-14(2-3-16(12)20)29(26,27)25-6-7-28-17(11-25)19-15(10-23-24-19)13-4-5-22-18(21)9-13/h2-5,8-10,17H,6-7,11H2,1H3,(H2,21,22)(H,23,24)/t17-/m0/s1. The van der Waals surface area contributed by atoms with Gasteiger partial charge in [0.05, 0.1) is 23.4 Å². The molecule has 2 aromatic heterocycles. The molecule has 1 fully saturated rings. The summed E-state index contributed by atoms with van der Waals surface area (Å²) in [7, 11) is -3.79. The molecule has 1 atom stereocenters. The number of anilines is 1. The van der Waals surface area contributed by atoms with Gasteiger partial charge in [0.1, 0.15) is 17.7 Å². The number of hydrogen-bond acceptors (Lipinski definition) is 6. The number of aromatic amines is 1. The van der Waals surface area contributed by atoms with Gasteiger partial charge in [-0.25, -0.2) is 17.8 Å². The Morgan fingerprint density at radius 3 is 2.90 bits per heavy atom. The average molecular weight is 417 g/mol. The van der Waals surface area contributed by atoms with Crippen LogP contribution < -0.4 is 5.73 Å². The highest BCUT2D eigenvalue weighted by Crippen LogP contribution is 2.32. The quantitative estimate of drug-likeness (QED) is 0.673. The van der Waals surface area contributed by atoms with Crippen molar-refractivity contribution in [3.8, 4) is 11.1 Å². The third kappa shape index (κ3) is 3.74. The number of aromatic nitrogens is 3. The molecule has 0 unspecified atom stereocenters. The molecule has 0 radical (unpaired) electrons. The number of benzene rings is 1. The summed E-state index contributed by atoms with van der Waals surface area (Å²) in [4.78, 5) is 4.04. The van der Waals surface area contributed by atoms with Gasteiger partial charge in [0.2, 0.25) is 10.0 Å². The molecule has 3 heterocycles. The van der Waals surface area contributed by atoms with Crippen molar-refractivity contribution in [2.75, 3.05) is 25.4 Å². The zero-order valence-corrected chi connectivity index (χ0v) is 16.5. The number of nitrogen functional groups attached to an aromatic ring is 1. The Bertz CT molecular complexity index is 1150. The number of aryl methyl sites for hydroxylation is 1. The third-order valence-electron chi connectivity index (χ3n) is 4.88. The number of halogens is 1. The van der Waals surface area contributed by atoms with Crippen LogP contribution in [0.15, 0.2) is 47.6 Å². The second-order valence-corrected chi connectivity index (χ2v) is 8.74. The van der Waals surface area contributed by atoms with E-state index in [0.29, 0.717) is 11.5 Å². The Morgan fingerprint density at radius 2 is 2.14 bits per heavy atom. The summed E-state index contributed by atoms with van der Waals surface area (Å²) < 4.78 is 46.9. The number of hydrogen-bond donors (Lipinski definition) is 2. The summed E-state index contributed by atoms with van der Waals surface area (Å²) >= 11 is 0. The van der Waals surface area contributed by atoms with E-state index >= 15 is 0 Å². The second-order valence-electron chi connectivity index (χ2n) is 6.80. The van der Waals surface area contributed by atoms with Crippen molar-refractivity contribution in [3.63, 3.8) is 0 Å². The first-order chi connectivity index (χ1) is 13.9. The number of nitrogens with zero attached hydrogens (tertiary/aromatic N) is 3. The minimum atomic E-state index is -3.79. The molecule has 0 saturated carbocycles. The van der Waals surface area contributed by atoms with Gasteiger partial charge in [-0.2, -0.15) is 9.40 Å². The van der Waals surface area contributed by atoms with Crippen molar-refractivity contribution >= 4 is 15.8 Å². The van der Waals surface area contributed by atoms with Crippen LogP contribution >= 0.6 is 0 Å². The molecule has 0 bridgehead atoms. The molecule has 8 nitrogen and oxygen atoms in total. The Balaban J connectivity index is 1.63. The third-order valence-corrected chi connectivity index (χ3v) is 6.74. The first kappa shape index (κ1) is 19.5. The molecule has 0 aliphatic carbocycles. The van der Waals surface area contributed by atoms with Crippen LogP contribution in [-0.2, 0) is 14.8 Å². The normalized spacial score (nSPS) is 18.1. The largest absolute Gasteiger partial charge is 0.384 e. The molecule has 3 N–H and O–H groups in total. The minimum absolute atomic E-state index is 0.0591. The molecule has 29 heavy (non-hydrogen) atoms. The van der Waals surface area contributed by atoms with Crippen LogP contribution in [0.2, 0.25) is 0 Å². The Morgan fingerprint density at radius 1 is 1.31 bits per heavy atom. The number of morpholine rings is 1. The molecule has 1 aliphatic heterocycles. The van der Waals surface area contributed by atoms with Crippen molar-refractivity contribution in [3.05, 3.63) is 59.8 Å². The Labute approximate surface area is 167 Å². The first-order valence-electron chi connectivity index (χ1n) is 8.99. The van der Waals surface area contributed by atoms with Gasteiger partial charge in [0.15, 0.2) is 0 Å². The second kappa shape index (κ2) is 7.54. The van der Waals surface area contributed by atoms with Crippen LogP contribution in [0.1, 0.15) is 17.4 Å². The Hall–Kier alpha value is -2.82. The van der Waals surface area contributed by atoms with E-state index in [1.807, 2.05) is 0 Å². The lowest BCUT2D eigenvalue weighted by atomic mass is 10.0. The van der Waals surface area contributed by atoms with Gasteiger partial charge in [-0.05, 0) is 48.4 Å². The van der Waals surface area contributed by atoms with E-state index in [4.69, 9.17) is 10.5 Å². The first-order valence-corrected chi connectivity index (χ1v) is 10.4. The van der Waals surface area contributed by atoms with Crippen LogP contribution in [0.3, 0.4) is 0 Å². The fourth-order valence-corrected chi connectivity index (χ4v) is 4.84. The summed E-state index contributed by atoms with van der Waals surface area (Å²) in [5.74, 6) is -0.0716. The monoisotopic (exact) mass is 417 g/mol. The van der Waals surface area contributed by atoms with Gasteiger partial charge < -0.3 is 10.5 Å². The predicted molar refractivity (Wildman–Crippen MR) is 105 cm³/mol. The number of ether oxygens (including phenoxy) is 1. The topological polar surface area (TPSA) is 114 Å².